The average molecular weight is 425 g/mol. The minimum Gasteiger partial charge on any atom is -0.540 e. The van der Waals surface area contributed by atoms with Crippen molar-refractivity contribution in [1.82, 2.24) is 0 Å². The van der Waals surface area contributed by atoms with Crippen LogP contribution in [0.2, 0.25) is 5.04 Å². The van der Waals surface area contributed by atoms with Gasteiger partial charge in [-0.15, -0.1) is 0 Å². The normalized spacial score (nSPS) is 12.1. The highest BCUT2D eigenvalue weighted by molar-refractivity contribution is 6.99. The third-order valence-electron chi connectivity index (χ3n) is 5.49. The van der Waals surface area contributed by atoms with Crippen LogP contribution in [0.3, 0.4) is 0 Å². The van der Waals surface area contributed by atoms with Gasteiger partial charge in [-0.1, -0.05) is 100 Å². The van der Waals surface area contributed by atoms with Gasteiger partial charge in [0.2, 0.25) is 0 Å². The lowest BCUT2D eigenvalue weighted by Gasteiger charge is -2.41. The second-order valence-corrected chi connectivity index (χ2v) is 12.9. The van der Waals surface area contributed by atoms with Crippen LogP contribution in [0.25, 0.3) is 0 Å². The fourth-order valence-electron chi connectivity index (χ4n) is 3.90. The van der Waals surface area contributed by atoms with E-state index in [9.17, 15) is 4.79 Å². The highest BCUT2D eigenvalue weighted by atomic mass is 28.4. The monoisotopic (exact) mass is 424 g/mol. The maximum atomic E-state index is 11.1. The highest BCUT2D eigenvalue weighted by Crippen LogP contribution is 2.36. The van der Waals surface area contributed by atoms with E-state index in [1.807, 2.05) is 6.26 Å². The molecule has 3 nitrogen and oxygen atoms in total. The van der Waals surface area contributed by atoms with E-state index in [2.05, 4.69) is 92.2 Å². The van der Waals surface area contributed by atoms with Gasteiger partial charge in [0, 0.05) is 6.42 Å². The molecule has 0 spiro atoms. The fraction of sp³-hybridized carbons (Fsp3) is 0.423. The predicted octanol–water partition coefficient (Wildman–Crippen LogP) is 5.59. The van der Waals surface area contributed by atoms with Gasteiger partial charge in [0.25, 0.3) is 0 Å². The molecule has 162 valence electrons. The molecule has 2 aromatic rings. The van der Waals surface area contributed by atoms with E-state index in [0.717, 1.165) is 32.1 Å². The molecule has 0 atom stereocenters. The lowest BCUT2D eigenvalue weighted by atomic mass is 10.1. The van der Waals surface area contributed by atoms with Crippen molar-refractivity contribution in [3.05, 3.63) is 73.0 Å². The van der Waals surface area contributed by atoms with Crippen LogP contribution < -0.4 is 10.4 Å². The molecule has 0 aliphatic heterocycles. The molecule has 0 fully saturated rings. The molecule has 2 aromatic carbocycles. The number of rotatable bonds is 11. The van der Waals surface area contributed by atoms with Crippen LogP contribution in [-0.2, 0) is 14.0 Å². The van der Waals surface area contributed by atoms with Crippen molar-refractivity contribution in [2.24, 2.45) is 0 Å². The van der Waals surface area contributed by atoms with Gasteiger partial charge in [0.1, 0.15) is 0 Å². The molecule has 2 rings (SSSR count). The van der Waals surface area contributed by atoms with E-state index in [1.54, 1.807) is 0 Å². The Morgan fingerprint density at radius 2 is 1.40 bits per heavy atom. The molecule has 0 saturated carbocycles. The summed E-state index contributed by atoms with van der Waals surface area (Å²) in [7, 11) is -1.04. The van der Waals surface area contributed by atoms with Crippen molar-refractivity contribution in [1.29, 1.82) is 0 Å². The van der Waals surface area contributed by atoms with E-state index in [0.29, 0.717) is 6.42 Å². The third-order valence-corrected chi connectivity index (χ3v) is 10.4. The number of benzene rings is 2. The molecule has 0 N–H and O–H groups in total. The smallest absolute Gasteiger partial charge is 0.319 e. The summed E-state index contributed by atoms with van der Waals surface area (Å²) in [5.74, 6) is -0.117. The molecule has 4 heteroatoms. The van der Waals surface area contributed by atoms with Crippen LogP contribution in [0.5, 0.6) is 0 Å². The zero-order valence-electron chi connectivity index (χ0n) is 18.9. The Bertz CT molecular complexity index is 739. The van der Waals surface area contributed by atoms with Crippen LogP contribution in [0, 0.1) is 0 Å². The Hall–Kier alpha value is -2.33. The van der Waals surface area contributed by atoms with Gasteiger partial charge in [-0.05, 0) is 34.7 Å². The number of ether oxygens (including phenoxy) is 1. The lowest BCUT2D eigenvalue weighted by Crippen LogP contribution is -2.65. The van der Waals surface area contributed by atoms with Crippen molar-refractivity contribution in [2.75, 3.05) is 7.11 Å². The predicted molar refractivity (Wildman–Crippen MR) is 128 cm³/mol. The number of hydrogen-bond donors (Lipinski definition) is 0. The summed E-state index contributed by atoms with van der Waals surface area (Å²) in [6.07, 6.45) is 9.75. The molecule has 0 aliphatic carbocycles. The van der Waals surface area contributed by atoms with Crippen molar-refractivity contribution in [2.45, 2.75) is 64.3 Å². The summed E-state index contributed by atoms with van der Waals surface area (Å²) in [6.45, 7) is 6.86. The molecule has 0 saturated heterocycles. The lowest BCUT2D eigenvalue weighted by molar-refractivity contribution is -0.140. The summed E-state index contributed by atoms with van der Waals surface area (Å²) < 4.78 is 11.4. The molecule has 0 amide bonds. The van der Waals surface area contributed by atoms with Crippen molar-refractivity contribution in [3.63, 3.8) is 0 Å². The summed E-state index contributed by atoms with van der Waals surface area (Å²) in [5, 5.41) is 2.56. The van der Waals surface area contributed by atoms with Crippen LogP contribution >= 0.6 is 0 Å². The van der Waals surface area contributed by atoms with Crippen LogP contribution in [-0.4, -0.2) is 21.4 Å². The molecule has 0 heterocycles. The fourth-order valence-corrected chi connectivity index (χ4v) is 8.21. The number of unbranched alkanes of at least 4 members (excludes halogenated alkanes) is 4. The third kappa shape index (κ3) is 6.33. The summed E-state index contributed by atoms with van der Waals surface area (Å²) in [4.78, 5) is 11.1. The summed E-state index contributed by atoms with van der Waals surface area (Å²) in [5.41, 5.74) is 0. The Morgan fingerprint density at radius 3 is 1.90 bits per heavy atom. The van der Waals surface area contributed by atoms with Crippen LogP contribution in [0.4, 0.5) is 0 Å². The van der Waals surface area contributed by atoms with Gasteiger partial charge in [0.15, 0.2) is 0 Å². The van der Waals surface area contributed by atoms with Gasteiger partial charge in [-0.2, -0.15) is 0 Å². The Morgan fingerprint density at radius 1 is 0.867 bits per heavy atom. The van der Waals surface area contributed by atoms with Crippen molar-refractivity contribution in [3.8, 4) is 0 Å². The number of carbonyl (C=O) groups is 1. The summed E-state index contributed by atoms with van der Waals surface area (Å²) in [6, 6.07) is 21.4. The molecule has 0 unspecified atom stereocenters. The van der Waals surface area contributed by atoms with Crippen molar-refractivity contribution >= 4 is 24.7 Å². The van der Waals surface area contributed by atoms with Crippen molar-refractivity contribution < 1.29 is 14.0 Å². The molecule has 30 heavy (non-hydrogen) atoms. The molecule has 0 aliphatic rings. The maximum absolute atomic E-state index is 11.1. The van der Waals surface area contributed by atoms with E-state index < -0.39 is 8.32 Å². The first kappa shape index (κ1) is 23.9. The number of esters is 1. The van der Waals surface area contributed by atoms with Crippen LogP contribution in [0.15, 0.2) is 73.0 Å². The van der Waals surface area contributed by atoms with E-state index >= 15 is 0 Å². The zero-order chi connectivity index (χ0) is 21.9. The minimum absolute atomic E-state index is 0.0199. The Labute approximate surface area is 183 Å². The average Bonchev–Trinajstić information content (AvgIpc) is 2.75. The number of allylic oxidation sites excluding steroid dienone is 1. The number of methoxy groups -OCH3 is 1. The highest BCUT2D eigenvalue weighted by Gasteiger charge is 2.51. The molecular formula is C26H36O3Si. The summed E-state index contributed by atoms with van der Waals surface area (Å²) >= 11 is 0. The first-order valence-corrected chi connectivity index (χ1v) is 12.8. The first-order chi connectivity index (χ1) is 14.4. The minimum atomic E-state index is -2.49. The molecule has 0 bridgehead atoms. The van der Waals surface area contributed by atoms with Gasteiger partial charge < -0.3 is 9.16 Å². The Kier molecular flexibility index (Phi) is 9.38. The van der Waals surface area contributed by atoms with Crippen LogP contribution in [0.1, 0.15) is 59.3 Å². The molecule has 0 aromatic heterocycles. The SMILES string of the molecule is COC(=O)CCCCCC/C=C\O[Si](c1ccccc1)(c1ccccc1)C(C)(C)C. The van der Waals surface area contributed by atoms with Gasteiger partial charge in [-0.3, -0.25) is 4.79 Å². The molecular weight excluding hydrogens is 388 g/mol. The zero-order valence-corrected chi connectivity index (χ0v) is 19.9. The number of carbonyl (C=O) groups excluding carboxylic acids is 1. The topological polar surface area (TPSA) is 35.5 Å². The molecule has 0 radical (unpaired) electrons. The number of hydrogen-bond acceptors (Lipinski definition) is 3. The van der Waals surface area contributed by atoms with Gasteiger partial charge >= 0.3 is 14.3 Å². The van der Waals surface area contributed by atoms with Gasteiger partial charge in [0.05, 0.1) is 13.4 Å². The second-order valence-electron chi connectivity index (χ2n) is 8.68. The second kappa shape index (κ2) is 11.8. The van der Waals surface area contributed by atoms with E-state index in [-0.39, 0.29) is 11.0 Å². The maximum Gasteiger partial charge on any atom is 0.319 e. The van der Waals surface area contributed by atoms with E-state index in [4.69, 9.17) is 4.43 Å². The largest absolute Gasteiger partial charge is 0.540 e. The van der Waals surface area contributed by atoms with E-state index in [1.165, 1.54) is 17.5 Å². The Balaban J connectivity index is 2.06. The first-order valence-electron chi connectivity index (χ1n) is 10.9. The quantitative estimate of drug-likeness (QED) is 0.204. The van der Waals surface area contributed by atoms with Gasteiger partial charge in [-0.25, -0.2) is 0 Å². The standard InChI is InChI=1S/C26H36O3Si/c1-26(2,3)30(23-17-11-9-12-18-23,24-19-13-10-14-20-24)29-22-16-8-6-5-7-15-21-25(27)28-4/h9-14,16-20,22H,5-8,15,21H2,1-4H3/b22-16-.